The van der Waals surface area contributed by atoms with E-state index >= 15 is 0 Å². The fourth-order valence-corrected chi connectivity index (χ4v) is 3.35. The molecule has 1 aliphatic rings. The Morgan fingerprint density at radius 2 is 1.88 bits per heavy atom. The van der Waals surface area contributed by atoms with Gasteiger partial charge in [-0.1, -0.05) is 11.6 Å². The first kappa shape index (κ1) is 20.8. The number of ether oxygens (including phenoxy) is 2. The minimum Gasteiger partial charge on any atom is -0.490 e. The summed E-state index contributed by atoms with van der Waals surface area (Å²) >= 11 is 0. The minimum absolute atomic E-state index is 0. The van der Waals surface area contributed by atoms with E-state index in [0.29, 0.717) is 31.3 Å². The van der Waals surface area contributed by atoms with Gasteiger partial charge in [0.05, 0.1) is 18.1 Å². The summed E-state index contributed by atoms with van der Waals surface area (Å²) in [5.74, 6) is 0.993. The molecule has 24 heavy (non-hydrogen) atoms. The van der Waals surface area contributed by atoms with Gasteiger partial charge in [0.2, 0.25) is 10.0 Å². The first-order chi connectivity index (χ1) is 11.1. The summed E-state index contributed by atoms with van der Waals surface area (Å²) in [5.41, 5.74) is 1.10. The van der Waals surface area contributed by atoms with E-state index in [9.17, 15) is 8.42 Å². The van der Waals surface area contributed by atoms with Crippen LogP contribution in [0.2, 0.25) is 0 Å². The second-order valence-electron chi connectivity index (χ2n) is 5.12. The van der Waals surface area contributed by atoms with Crippen LogP contribution in [0, 0.1) is 0 Å². The maximum Gasteiger partial charge on any atom is 0.240 e. The molecule has 0 amide bonds. The van der Waals surface area contributed by atoms with E-state index in [-0.39, 0.29) is 17.3 Å². The predicted octanol–water partition coefficient (Wildman–Crippen LogP) is 2.10. The van der Waals surface area contributed by atoms with Crippen molar-refractivity contribution in [3.8, 4) is 11.5 Å². The van der Waals surface area contributed by atoms with Crippen LogP contribution in [0.5, 0.6) is 11.5 Å². The molecule has 1 heterocycles. The van der Waals surface area contributed by atoms with Crippen molar-refractivity contribution in [2.45, 2.75) is 25.2 Å². The highest BCUT2D eigenvalue weighted by atomic mass is 35.5. The van der Waals surface area contributed by atoms with Crippen LogP contribution in [0.25, 0.3) is 0 Å². The SMILES string of the molecule is CCOc1ccc(S(=O)(=O)NCC2=CCNCC2)cc1OCC.Cl. The van der Waals surface area contributed by atoms with Crippen LogP contribution < -0.4 is 19.5 Å². The van der Waals surface area contributed by atoms with E-state index in [1.54, 1.807) is 6.07 Å². The number of hydrogen-bond acceptors (Lipinski definition) is 5. The summed E-state index contributed by atoms with van der Waals surface area (Å²) < 4.78 is 38.5. The lowest BCUT2D eigenvalue weighted by atomic mass is 10.1. The summed E-state index contributed by atoms with van der Waals surface area (Å²) in [6.45, 7) is 6.65. The van der Waals surface area contributed by atoms with Gasteiger partial charge in [-0.3, -0.25) is 0 Å². The third-order valence-electron chi connectivity index (χ3n) is 3.47. The summed E-state index contributed by atoms with van der Waals surface area (Å²) in [5, 5.41) is 3.20. The molecular formula is C16H25ClN2O4S. The zero-order valence-electron chi connectivity index (χ0n) is 14.0. The minimum atomic E-state index is -3.58. The van der Waals surface area contributed by atoms with Gasteiger partial charge in [0.25, 0.3) is 0 Å². The average Bonchev–Trinajstić information content (AvgIpc) is 2.56. The fraction of sp³-hybridized carbons (Fsp3) is 0.500. The van der Waals surface area contributed by atoms with Crippen molar-refractivity contribution < 1.29 is 17.9 Å². The predicted molar refractivity (Wildman–Crippen MR) is 96.8 cm³/mol. The fourth-order valence-electron chi connectivity index (χ4n) is 2.30. The topological polar surface area (TPSA) is 76.7 Å². The molecule has 0 saturated heterocycles. The zero-order valence-corrected chi connectivity index (χ0v) is 15.6. The summed E-state index contributed by atoms with van der Waals surface area (Å²) in [6, 6.07) is 4.67. The van der Waals surface area contributed by atoms with Crippen LogP contribution in [0.3, 0.4) is 0 Å². The molecule has 1 aliphatic heterocycles. The second kappa shape index (κ2) is 9.88. The number of halogens is 1. The lowest BCUT2D eigenvalue weighted by Gasteiger charge is -2.16. The molecule has 2 rings (SSSR count). The van der Waals surface area contributed by atoms with Crippen molar-refractivity contribution in [1.82, 2.24) is 10.0 Å². The Bertz CT molecular complexity index is 662. The first-order valence-corrected chi connectivity index (χ1v) is 9.33. The monoisotopic (exact) mass is 376 g/mol. The molecule has 1 aromatic carbocycles. The van der Waals surface area contributed by atoms with E-state index in [1.807, 2.05) is 19.9 Å². The highest BCUT2D eigenvalue weighted by molar-refractivity contribution is 7.89. The molecule has 2 N–H and O–H groups in total. The number of rotatable bonds is 8. The van der Waals surface area contributed by atoms with E-state index in [4.69, 9.17) is 9.47 Å². The van der Waals surface area contributed by atoms with Gasteiger partial charge in [-0.25, -0.2) is 13.1 Å². The molecular weight excluding hydrogens is 352 g/mol. The van der Waals surface area contributed by atoms with Gasteiger partial charge in [0, 0.05) is 19.2 Å². The number of nitrogens with one attached hydrogen (secondary N) is 2. The average molecular weight is 377 g/mol. The van der Waals surface area contributed by atoms with Crippen LogP contribution in [0.4, 0.5) is 0 Å². The molecule has 0 fully saturated rings. The van der Waals surface area contributed by atoms with Crippen molar-refractivity contribution in [3.05, 3.63) is 29.8 Å². The molecule has 0 spiro atoms. The van der Waals surface area contributed by atoms with Crippen molar-refractivity contribution in [1.29, 1.82) is 0 Å². The van der Waals surface area contributed by atoms with Gasteiger partial charge < -0.3 is 14.8 Å². The molecule has 1 aromatic rings. The van der Waals surface area contributed by atoms with Crippen LogP contribution >= 0.6 is 12.4 Å². The van der Waals surface area contributed by atoms with Gasteiger partial charge >= 0.3 is 0 Å². The maximum atomic E-state index is 12.5. The third kappa shape index (κ3) is 5.66. The molecule has 0 atom stereocenters. The van der Waals surface area contributed by atoms with E-state index in [0.717, 1.165) is 25.1 Å². The highest BCUT2D eigenvalue weighted by Crippen LogP contribution is 2.30. The van der Waals surface area contributed by atoms with Crippen LogP contribution in [0.15, 0.2) is 34.7 Å². The molecule has 0 aromatic heterocycles. The Balaban J connectivity index is 0.00000288. The largest absolute Gasteiger partial charge is 0.490 e. The summed E-state index contributed by atoms with van der Waals surface area (Å²) in [4.78, 5) is 0.180. The Morgan fingerprint density at radius 1 is 1.17 bits per heavy atom. The normalized spacial score (nSPS) is 14.5. The molecule has 6 nitrogen and oxygen atoms in total. The van der Waals surface area contributed by atoms with Crippen molar-refractivity contribution in [2.75, 3.05) is 32.8 Å². The van der Waals surface area contributed by atoms with E-state index in [2.05, 4.69) is 10.0 Å². The van der Waals surface area contributed by atoms with Gasteiger partial charge in [0.15, 0.2) is 11.5 Å². The van der Waals surface area contributed by atoms with Gasteiger partial charge in [-0.05, 0) is 38.9 Å². The smallest absolute Gasteiger partial charge is 0.240 e. The number of sulfonamides is 1. The summed E-state index contributed by atoms with van der Waals surface area (Å²) in [7, 11) is -3.58. The third-order valence-corrected chi connectivity index (χ3v) is 4.87. The Morgan fingerprint density at radius 3 is 2.50 bits per heavy atom. The van der Waals surface area contributed by atoms with E-state index < -0.39 is 10.0 Å². The second-order valence-corrected chi connectivity index (χ2v) is 6.88. The first-order valence-electron chi connectivity index (χ1n) is 7.84. The maximum absolute atomic E-state index is 12.5. The highest BCUT2D eigenvalue weighted by Gasteiger charge is 2.18. The van der Waals surface area contributed by atoms with Gasteiger partial charge in [-0.2, -0.15) is 0 Å². The van der Waals surface area contributed by atoms with Crippen molar-refractivity contribution in [3.63, 3.8) is 0 Å². The quantitative estimate of drug-likeness (QED) is 0.679. The van der Waals surface area contributed by atoms with Crippen LogP contribution in [0.1, 0.15) is 20.3 Å². The van der Waals surface area contributed by atoms with Gasteiger partial charge in [-0.15, -0.1) is 12.4 Å². The molecule has 136 valence electrons. The Kier molecular flexibility index (Phi) is 8.55. The van der Waals surface area contributed by atoms with Crippen LogP contribution in [-0.2, 0) is 10.0 Å². The molecule has 0 aliphatic carbocycles. The molecule has 0 radical (unpaired) electrons. The molecule has 0 bridgehead atoms. The molecule has 0 saturated carbocycles. The summed E-state index contributed by atoms with van der Waals surface area (Å²) in [6.07, 6.45) is 2.88. The van der Waals surface area contributed by atoms with Crippen LogP contribution in [-0.4, -0.2) is 41.3 Å². The van der Waals surface area contributed by atoms with Crippen molar-refractivity contribution in [2.24, 2.45) is 0 Å². The lowest BCUT2D eigenvalue weighted by Crippen LogP contribution is -2.29. The standard InChI is InChI=1S/C16H24N2O4S.ClH/c1-3-21-15-6-5-14(11-16(15)22-4-2)23(19,20)18-12-13-7-9-17-10-8-13;/h5-7,11,17-18H,3-4,8-10,12H2,1-2H3;1H. The van der Waals surface area contributed by atoms with E-state index in [1.165, 1.54) is 12.1 Å². The Hall–Kier alpha value is -1.28. The van der Waals surface area contributed by atoms with Crippen molar-refractivity contribution >= 4 is 22.4 Å². The number of benzene rings is 1. The zero-order chi connectivity index (χ0) is 16.7. The Labute approximate surface area is 150 Å². The van der Waals surface area contributed by atoms with Gasteiger partial charge in [0.1, 0.15) is 0 Å². The number of hydrogen-bond donors (Lipinski definition) is 2. The molecule has 0 unspecified atom stereocenters. The molecule has 8 heteroatoms. The lowest BCUT2D eigenvalue weighted by molar-refractivity contribution is 0.287.